The van der Waals surface area contributed by atoms with Crippen LogP contribution >= 0.6 is 15.9 Å². The van der Waals surface area contributed by atoms with Gasteiger partial charge in [-0.2, -0.15) is 12.7 Å². The van der Waals surface area contributed by atoms with Gasteiger partial charge in [0.05, 0.1) is 11.9 Å². The molecule has 5 nitrogen and oxygen atoms in total. The zero-order chi connectivity index (χ0) is 13.6. The van der Waals surface area contributed by atoms with E-state index in [1.807, 2.05) is 13.8 Å². The van der Waals surface area contributed by atoms with Crippen molar-refractivity contribution in [2.45, 2.75) is 26.7 Å². The van der Waals surface area contributed by atoms with Gasteiger partial charge in [-0.15, -0.1) is 0 Å². The molecule has 0 saturated heterocycles. The van der Waals surface area contributed by atoms with E-state index in [1.54, 1.807) is 12.1 Å². The van der Waals surface area contributed by atoms with Crippen molar-refractivity contribution in [3.63, 3.8) is 0 Å². The SMILES string of the molecule is CCCN(CCC)S(=O)(=O)Nc1ccc(Br)nc1. The number of aromatic nitrogens is 1. The predicted molar refractivity (Wildman–Crippen MR) is 76.6 cm³/mol. The van der Waals surface area contributed by atoms with Crippen LogP contribution in [0.4, 0.5) is 5.69 Å². The topological polar surface area (TPSA) is 62.3 Å². The van der Waals surface area contributed by atoms with Crippen LogP contribution in [0.1, 0.15) is 26.7 Å². The molecule has 7 heteroatoms. The molecule has 1 aromatic rings. The highest BCUT2D eigenvalue weighted by Crippen LogP contribution is 2.14. The molecule has 0 fully saturated rings. The number of nitrogens with zero attached hydrogens (tertiary/aromatic N) is 2. The van der Waals surface area contributed by atoms with Crippen LogP contribution in [0.25, 0.3) is 0 Å². The van der Waals surface area contributed by atoms with E-state index in [-0.39, 0.29) is 0 Å². The summed E-state index contributed by atoms with van der Waals surface area (Å²) in [5, 5.41) is 0. The zero-order valence-electron chi connectivity index (χ0n) is 10.6. The Kier molecular flexibility index (Phi) is 6.04. The molecule has 1 rings (SSSR count). The molecule has 1 N–H and O–H groups in total. The fourth-order valence-electron chi connectivity index (χ4n) is 1.50. The maximum atomic E-state index is 12.1. The lowest BCUT2D eigenvalue weighted by atomic mass is 10.4. The lowest BCUT2D eigenvalue weighted by molar-refractivity contribution is 0.413. The second-order valence-corrected chi connectivity index (χ2v) is 6.36. The molecule has 0 atom stereocenters. The predicted octanol–water partition coefficient (Wildman–Crippen LogP) is 2.62. The molecule has 0 radical (unpaired) electrons. The number of pyridine rings is 1. The zero-order valence-corrected chi connectivity index (χ0v) is 13.0. The molecule has 102 valence electrons. The van der Waals surface area contributed by atoms with Gasteiger partial charge in [0.1, 0.15) is 4.60 Å². The maximum Gasteiger partial charge on any atom is 0.301 e. The molecule has 0 aliphatic carbocycles. The molecule has 0 spiro atoms. The summed E-state index contributed by atoms with van der Waals surface area (Å²) in [5.41, 5.74) is 0.468. The molecule has 0 aliphatic heterocycles. The first-order valence-corrected chi connectivity index (χ1v) is 8.12. The van der Waals surface area contributed by atoms with E-state index in [1.165, 1.54) is 10.5 Å². The van der Waals surface area contributed by atoms with Gasteiger partial charge in [-0.3, -0.25) is 4.72 Å². The number of hydrogen-bond donors (Lipinski definition) is 1. The molecule has 1 aromatic heterocycles. The van der Waals surface area contributed by atoms with E-state index >= 15 is 0 Å². The van der Waals surface area contributed by atoms with Gasteiger partial charge in [0.15, 0.2) is 0 Å². The number of hydrogen-bond acceptors (Lipinski definition) is 3. The Balaban J connectivity index is 2.81. The Morgan fingerprint density at radius 1 is 1.28 bits per heavy atom. The van der Waals surface area contributed by atoms with Gasteiger partial charge in [0, 0.05) is 13.1 Å². The number of anilines is 1. The third kappa shape index (κ3) is 4.55. The van der Waals surface area contributed by atoms with E-state index < -0.39 is 10.2 Å². The summed E-state index contributed by atoms with van der Waals surface area (Å²) in [6, 6.07) is 3.37. The van der Waals surface area contributed by atoms with Crippen molar-refractivity contribution in [1.29, 1.82) is 0 Å². The van der Waals surface area contributed by atoms with Crippen LogP contribution in [0.3, 0.4) is 0 Å². The van der Waals surface area contributed by atoms with Crippen molar-refractivity contribution < 1.29 is 8.42 Å². The Morgan fingerprint density at radius 3 is 2.33 bits per heavy atom. The summed E-state index contributed by atoms with van der Waals surface area (Å²) >= 11 is 3.20. The lowest BCUT2D eigenvalue weighted by Crippen LogP contribution is -2.37. The summed E-state index contributed by atoms with van der Waals surface area (Å²) in [4.78, 5) is 3.99. The number of rotatable bonds is 7. The van der Waals surface area contributed by atoms with Crippen molar-refractivity contribution in [2.24, 2.45) is 0 Å². The van der Waals surface area contributed by atoms with E-state index in [0.717, 1.165) is 12.8 Å². The normalized spacial score (nSPS) is 11.8. The standard InChI is InChI=1S/C11H18BrN3O2S/c1-3-7-15(8-4-2)18(16,17)14-10-5-6-11(12)13-9-10/h5-6,9,14H,3-4,7-8H2,1-2H3. The average molecular weight is 336 g/mol. The monoisotopic (exact) mass is 335 g/mol. The summed E-state index contributed by atoms with van der Waals surface area (Å²) in [6.45, 7) is 4.96. The second-order valence-electron chi connectivity index (χ2n) is 3.88. The molecular formula is C11H18BrN3O2S. The first kappa shape index (κ1) is 15.4. The Bertz CT molecular complexity index is 456. The highest BCUT2D eigenvalue weighted by atomic mass is 79.9. The van der Waals surface area contributed by atoms with Crippen LogP contribution < -0.4 is 4.72 Å². The van der Waals surface area contributed by atoms with Crippen molar-refractivity contribution in [2.75, 3.05) is 17.8 Å². The van der Waals surface area contributed by atoms with Crippen molar-refractivity contribution in [1.82, 2.24) is 9.29 Å². The van der Waals surface area contributed by atoms with Gasteiger partial charge in [-0.05, 0) is 40.9 Å². The van der Waals surface area contributed by atoms with Gasteiger partial charge < -0.3 is 0 Å². The summed E-state index contributed by atoms with van der Waals surface area (Å²) in [7, 11) is -3.48. The third-order valence-electron chi connectivity index (χ3n) is 2.26. The van der Waals surface area contributed by atoms with Gasteiger partial charge in [0.2, 0.25) is 0 Å². The van der Waals surface area contributed by atoms with Crippen LogP contribution in [-0.4, -0.2) is 30.8 Å². The first-order valence-electron chi connectivity index (χ1n) is 5.89. The smallest absolute Gasteiger partial charge is 0.269 e. The highest BCUT2D eigenvalue weighted by molar-refractivity contribution is 9.10. The molecule has 0 aromatic carbocycles. The average Bonchev–Trinajstić information content (AvgIpc) is 2.32. The fraction of sp³-hybridized carbons (Fsp3) is 0.545. The number of nitrogens with one attached hydrogen (secondary N) is 1. The summed E-state index contributed by atoms with van der Waals surface area (Å²) in [5.74, 6) is 0. The van der Waals surface area contributed by atoms with E-state index in [9.17, 15) is 8.42 Å². The molecule has 0 unspecified atom stereocenters. The van der Waals surface area contributed by atoms with Crippen molar-refractivity contribution in [3.05, 3.63) is 22.9 Å². The van der Waals surface area contributed by atoms with Crippen molar-refractivity contribution in [3.8, 4) is 0 Å². The number of halogens is 1. The van der Waals surface area contributed by atoms with Crippen LogP contribution in [0.5, 0.6) is 0 Å². The van der Waals surface area contributed by atoms with Crippen LogP contribution in [0, 0.1) is 0 Å². The fourth-order valence-corrected chi connectivity index (χ4v) is 3.13. The molecule has 0 amide bonds. The molecule has 0 bridgehead atoms. The van der Waals surface area contributed by atoms with Gasteiger partial charge in [-0.1, -0.05) is 13.8 Å². The Morgan fingerprint density at radius 2 is 1.89 bits per heavy atom. The molecule has 0 aliphatic rings. The Labute approximate surface area is 117 Å². The van der Waals surface area contributed by atoms with E-state index in [2.05, 4.69) is 25.6 Å². The van der Waals surface area contributed by atoms with E-state index in [4.69, 9.17) is 0 Å². The third-order valence-corrected chi connectivity index (χ3v) is 4.27. The summed E-state index contributed by atoms with van der Waals surface area (Å²) in [6.07, 6.45) is 3.07. The molecule has 1 heterocycles. The minimum absolute atomic E-state index is 0.468. The maximum absolute atomic E-state index is 12.1. The summed E-state index contributed by atoms with van der Waals surface area (Å²) < 4.78 is 28.9. The van der Waals surface area contributed by atoms with E-state index in [0.29, 0.717) is 23.4 Å². The highest BCUT2D eigenvalue weighted by Gasteiger charge is 2.20. The molecule has 0 saturated carbocycles. The first-order chi connectivity index (χ1) is 8.49. The van der Waals surface area contributed by atoms with Crippen LogP contribution in [0.2, 0.25) is 0 Å². The largest absolute Gasteiger partial charge is 0.301 e. The minimum atomic E-state index is -3.48. The second kappa shape index (κ2) is 7.06. The van der Waals surface area contributed by atoms with Crippen LogP contribution in [0.15, 0.2) is 22.9 Å². The minimum Gasteiger partial charge on any atom is -0.269 e. The molecular weight excluding hydrogens is 318 g/mol. The van der Waals surface area contributed by atoms with Crippen LogP contribution in [-0.2, 0) is 10.2 Å². The lowest BCUT2D eigenvalue weighted by Gasteiger charge is -2.21. The van der Waals surface area contributed by atoms with Gasteiger partial charge in [0.25, 0.3) is 0 Å². The van der Waals surface area contributed by atoms with Crippen molar-refractivity contribution >= 4 is 31.8 Å². The quantitative estimate of drug-likeness (QED) is 0.779. The molecule has 18 heavy (non-hydrogen) atoms. The van der Waals surface area contributed by atoms with Gasteiger partial charge in [-0.25, -0.2) is 4.98 Å². The van der Waals surface area contributed by atoms with Gasteiger partial charge >= 0.3 is 10.2 Å². The Hall–Kier alpha value is -0.660.